The molecule has 114 valence electrons. The molecule has 0 aliphatic carbocycles. The van der Waals surface area contributed by atoms with Crippen LogP contribution in [0.3, 0.4) is 0 Å². The Kier molecular flexibility index (Phi) is 7.78. The standard InChI is InChI=1S/C17H28BrNO/c1-5-12-19-13-14(10-11-17(2,3)20-4)15-8-6-7-9-16(15)18/h6-9,14,19H,5,10-13H2,1-4H3. The average Bonchev–Trinajstić information content (AvgIpc) is 2.44. The number of halogens is 1. The van der Waals surface area contributed by atoms with Crippen molar-refractivity contribution >= 4 is 15.9 Å². The molecule has 0 saturated carbocycles. The van der Waals surface area contributed by atoms with E-state index in [0.29, 0.717) is 5.92 Å². The molecular weight excluding hydrogens is 314 g/mol. The SMILES string of the molecule is CCCNCC(CCC(C)(C)OC)c1ccccc1Br. The molecule has 0 aromatic heterocycles. The van der Waals surface area contributed by atoms with Gasteiger partial charge in [0.05, 0.1) is 5.60 Å². The summed E-state index contributed by atoms with van der Waals surface area (Å²) in [6.45, 7) is 8.62. The zero-order valence-corrected chi connectivity index (χ0v) is 14.8. The fourth-order valence-corrected chi connectivity index (χ4v) is 2.86. The van der Waals surface area contributed by atoms with Crippen LogP contribution >= 0.6 is 15.9 Å². The van der Waals surface area contributed by atoms with Crippen molar-refractivity contribution in [3.05, 3.63) is 34.3 Å². The lowest BCUT2D eigenvalue weighted by Gasteiger charge is -2.27. The monoisotopic (exact) mass is 341 g/mol. The lowest BCUT2D eigenvalue weighted by atomic mass is 9.89. The van der Waals surface area contributed by atoms with E-state index in [2.05, 4.69) is 66.3 Å². The molecule has 20 heavy (non-hydrogen) atoms. The number of methoxy groups -OCH3 is 1. The van der Waals surface area contributed by atoms with E-state index in [1.165, 1.54) is 16.5 Å². The summed E-state index contributed by atoms with van der Waals surface area (Å²) in [7, 11) is 1.79. The predicted octanol–water partition coefficient (Wildman–Crippen LogP) is 4.74. The molecule has 1 unspecified atom stereocenters. The van der Waals surface area contributed by atoms with Crippen LogP contribution in [0.5, 0.6) is 0 Å². The van der Waals surface area contributed by atoms with Crippen LogP contribution in [-0.4, -0.2) is 25.8 Å². The Morgan fingerprint density at radius 2 is 2.00 bits per heavy atom. The lowest BCUT2D eigenvalue weighted by molar-refractivity contribution is 0.0124. The van der Waals surface area contributed by atoms with Gasteiger partial charge in [-0.25, -0.2) is 0 Å². The number of hydrogen-bond donors (Lipinski definition) is 1. The minimum Gasteiger partial charge on any atom is -0.379 e. The molecule has 1 atom stereocenters. The van der Waals surface area contributed by atoms with Crippen molar-refractivity contribution in [2.75, 3.05) is 20.2 Å². The van der Waals surface area contributed by atoms with Crippen molar-refractivity contribution in [1.29, 1.82) is 0 Å². The van der Waals surface area contributed by atoms with E-state index in [-0.39, 0.29) is 5.60 Å². The van der Waals surface area contributed by atoms with Gasteiger partial charge in [-0.3, -0.25) is 0 Å². The fourth-order valence-electron chi connectivity index (χ4n) is 2.25. The molecule has 1 N–H and O–H groups in total. The van der Waals surface area contributed by atoms with Crippen molar-refractivity contribution < 1.29 is 4.74 Å². The maximum Gasteiger partial charge on any atom is 0.0623 e. The minimum absolute atomic E-state index is 0.0513. The molecule has 1 aromatic rings. The van der Waals surface area contributed by atoms with Gasteiger partial charge in [0.1, 0.15) is 0 Å². The van der Waals surface area contributed by atoms with Crippen LogP contribution in [0, 0.1) is 0 Å². The smallest absolute Gasteiger partial charge is 0.0623 e. The molecule has 0 fully saturated rings. The van der Waals surface area contributed by atoms with E-state index >= 15 is 0 Å². The first-order valence-electron chi connectivity index (χ1n) is 7.50. The largest absolute Gasteiger partial charge is 0.379 e. The summed E-state index contributed by atoms with van der Waals surface area (Å²) in [5, 5.41) is 3.55. The van der Waals surface area contributed by atoms with Crippen molar-refractivity contribution in [3.63, 3.8) is 0 Å². The molecular formula is C17H28BrNO. The normalized spacial score (nSPS) is 13.4. The lowest BCUT2D eigenvalue weighted by Crippen LogP contribution is -2.27. The highest BCUT2D eigenvalue weighted by molar-refractivity contribution is 9.10. The molecule has 0 heterocycles. The summed E-state index contributed by atoms with van der Waals surface area (Å²) in [5.41, 5.74) is 1.34. The van der Waals surface area contributed by atoms with E-state index in [1.54, 1.807) is 7.11 Å². The van der Waals surface area contributed by atoms with Gasteiger partial charge in [-0.1, -0.05) is 41.1 Å². The Bertz CT molecular complexity index is 392. The zero-order valence-electron chi connectivity index (χ0n) is 13.2. The Labute approximate surface area is 132 Å². The van der Waals surface area contributed by atoms with Gasteiger partial charge in [0.15, 0.2) is 0 Å². The predicted molar refractivity (Wildman–Crippen MR) is 90.4 cm³/mol. The molecule has 0 aliphatic heterocycles. The summed E-state index contributed by atoms with van der Waals surface area (Å²) in [6, 6.07) is 8.55. The van der Waals surface area contributed by atoms with Crippen molar-refractivity contribution in [3.8, 4) is 0 Å². The first-order valence-corrected chi connectivity index (χ1v) is 8.29. The third-order valence-electron chi connectivity index (χ3n) is 3.81. The van der Waals surface area contributed by atoms with E-state index in [1.807, 2.05) is 0 Å². The first-order chi connectivity index (χ1) is 9.50. The van der Waals surface area contributed by atoms with E-state index in [9.17, 15) is 0 Å². The van der Waals surface area contributed by atoms with Crippen LogP contribution in [0.1, 0.15) is 51.5 Å². The Hall–Kier alpha value is -0.380. The van der Waals surface area contributed by atoms with Crippen molar-refractivity contribution in [2.24, 2.45) is 0 Å². The average molecular weight is 342 g/mol. The third kappa shape index (κ3) is 5.94. The highest BCUT2D eigenvalue weighted by Crippen LogP contribution is 2.30. The van der Waals surface area contributed by atoms with Gasteiger partial charge < -0.3 is 10.1 Å². The number of nitrogens with one attached hydrogen (secondary N) is 1. The zero-order chi connectivity index (χ0) is 15.0. The van der Waals surface area contributed by atoms with Crippen LogP contribution in [-0.2, 0) is 4.74 Å². The van der Waals surface area contributed by atoms with Gasteiger partial charge in [-0.2, -0.15) is 0 Å². The van der Waals surface area contributed by atoms with Gasteiger partial charge in [-0.15, -0.1) is 0 Å². The number of rotatable bonds is 9. The van der Waals surface area contributed by atoms with Crippen LogP contribution in [0.4, 0.5) is 0 Å². The van der Waals surface area contributed by atoms with Gasteiger partial charge in [-0.05, 0) is 57.2 Å². The summed E-state index contributed by atoms with van der Waals surface area (Å²) < 4.78 is 6.75. The maximum atomic E-state index is 5.55. The molecule has 0 saturated heterocycles. The molecule has 0 bridgehead atoms. The van der Waals surface area contributed by atoms with Crippen LogP contribution in [0.2, 0.25) is 0 Å². The van der Waals surface area contributed by atoms with Crippen molar-refractivity contribution in [1.82, 2.24) is 5.32 Å². The van der Waals surface area contributed by atoms with Crippen LogP contribution in [0.15, 0.2) is 28.7 Å². The minimum atomic E-state index is -0.0513. The van der Waals surface area contributed by atoms with Gasteiger partial charge in [0.2, 0.25) is 0 Å². The van der Waals surface area contributed by atoms with E-state index in [4.69, 9.17) is 4.74 Å². The van der Waals surface area contributed by atoms with Gasteiger partial charge in [0, 0.05) is 18.1 Å². The number of benzene rings is 1. The van der Waals surface area contributed by atoms with Crippen molar-refractivity contribution in [2.45, 2.75) is 51.6 Å². The van der Waals surface area contributed by atoms with E-state index < -0.39 is 0 Å². The Balaban J connectivity index is 2.72. The molecule has 0 spiro atoms. The Morgan fingerprint density at radius 3 is 2.60 bits per heavy atom. The number of hydrogen-bond acceptors (Lipinski definition) is 2. The summed E-state index contributed by atoms with van der Waals surface area (Å²) >= 11 is 3.68. The molecule has 1 rings (SSSR count). The van der Waals surface area contributed by atoms with Crippen LogP contribution < -0.4 is 5.32 Å². The fraction of sp³-hybridized carbons (Fsp3) is 0.647. The molecule has 0 amide bonds. The van der Waals surface area contributed by atoms with Crippen LogP contribution in [0.25, 0.3) is 0 Å². The molecule has 3 heteroatoms. The second kappa shape index (κ2) is 8.81. The molecule has 0 radical (unpaired) electrons. The molecule has 0 aliphatic rings. The van der Waals surface area contributed by atoms with Gasteiger partial charge in [0.25, 0.3) is 0 Å². The Morgan fingerprint density at radius 1 is 1.30 bits per heavy atom. The highest BCUT2D eigenvalue weighted by Gasteiger charge is 2.21. The summed E-state index contributed by atoms with van der Waals surface area (Å²) in [4.78, 5) is 0. The summed E-state index contributed by atoms with van der Waals surface area (Å²) in [6.07, 6.45) is 3.36. The molecule has 2 nitrogen and oxygen atoms in total. The van der Waals surface area contributed by atoms with Gasteiger partial charge >= 0.3 is 0 Å². The third-order valence-corrected chi connectivity index (χ3v) is 4.53. The highest BCUT2D eigenvalue weighted by atomic mass is 79.9. The maximum absolute atomic E-state index is 5.55. The first kappa shape index (κ1) is 17.7. The number of ether oxygens (including phenoxy) is 1. The summed E-state index contributed by atoms with van der Waals surface area (Å²) in [5.74, 6) is 0.520. The second-order valence-electron chi connectivity index (χ2n) is 5.93. The van der Waals surface area contributed by atoms with E-state index in [0.717, 1.165) is 25.9 Å². The second-order valence-corrected chi connectivity index (χ2v) is 6.78. The quantitative estimate of drug-likeness (QED) is 0.655. The topological polar surface area (TPSA) is 21.3 Å². The molecule has 1 aromatic carbocycles.